The van der Waals surface area contributed by atoms with E-state index in [4.69, 9.17) is 22.4 Å². The van der Waals surface area contributed by atoms with Gasteiger partial charge in [0, 0.05) is 0 Å². The van der Waals surface area contributed by atoms with Crippen LogP contribution >= 0.6 is 0 Å². The van der Waals surface area contributed by atoms with Crippen LogP contribution in [0.3, 0.4) is 0 Å². The highest BCUT2D eigenvalue weighted by Gasteiger charge is 2.50. The Kier molecular flexibility index (Phi) is 9.19. The van der Waals surface area contributed by atoms with Crippen molar-refractivity contribution in [1.82, 2.24) is 0 Å². The molecule has 0 aliphatic carbocycles. The number of hydrogen-bond acceptors (Lipinski definition) is 6. The van der Waals surface area contributed by atoms with Crippen LogP contribution in [-0.4, -0.2) is 60.6 Å². The maximum absolute atomic E-state index is 12.6. The summed E-state index contributed by atoms with van der Waals surface area (Å²) in [4.78, 5) is 12.6. The molecule has 0 radical (unpaired) electrons. The fourth-order valence-corrected chi connectivity index (χ4v) is 5.34. The smallest absolute Gasteiger partial charge is 0.341 e. The first-order valence-electron chi connectivity index (χ1n) is 8.47. The molecular formula is C15H36O6Si4. The average molecular weight is 425 g/mol. The van der Waals surface area contributed by atoms with Crippen LogP contribution in [0.5, 0.6) is 0 Å². The van der Waals surface area contributed by atoms with Gasteiger partial charge in [-0.3, -0.25) is 0 Å². The van der Waals surface area contributed by atoms with E-state index in [1.807, 2.05) is 58.9 Å². The van der Waals surface area contributed by atoms with Crippen molar-refractivity contribution in [2.75, 3.05) is 13.2 Å². The monoisotopic (exact) mass is 424 g/mol. The fourth-order valence-electron chi connectivity index (χ4n) is 1.89. The van der Waals surface area contributed by atoms with E-state index < -0.39 is 36.9 Å². The van der Waals surface area contributed by atoms with Crippen molar-refractivity contribution >= 4 is 41.4 Å². The Morgan fingerprint density at radius 2 is 1.20 bits per heavy atom. The van der Waals surface area contributed by atoms with Crippen LogP contribution in [0.2, 0.25) is 58.9 Å². The second-order valence-electron chi connectivity index (χ2n) is 8.81. The lowest BCUT2D eigenvalue weighted by Gasteiger charge is -2.45. The Hall–Kier alpha value is -0.0825. The molecular weight excluding hydrogens is 389 g/mol. The number of esters is 1. The lowest BCUT2D eigenvalue weighted by Crippen LogP contribution is -2.58. The summed E-state index contributed by atoms with van der Waals surface area (Å²) < 4.78 is 29.2. The molecule has 0 saturated heterocycles. The molecule has 0 spiro atoms. The van der Waals surface area contributed by atoms with Crippen LogP contribution in [0.1, 0.15) is 0 Å². The normalized spacial score (nSPS) is 13.8. The molecule has 0 saturated carbocycles. The van der Waals surface area contributed by atoms with E-state index in [1.165, 1.54) is 0 Å². The van der Waals surface area contributed by atoms with E-state index in [2.05, 4.69) is 6.58 Å². The Morgan fingerprint density at radius 1 is 0.840 bits per heavy atom. The second kappa shape index (κ2) is 9.22. The van der Waals surface area contributed by atoms with Gasteiger partial charge in [-0.25, -0.2) is 4.79 Å². The molecule has 0 aromatic rings. The topological polar surface area (TPSA) is 63.2 Å². The summed E-state index contributed by atoms with van der Waals surface area (Å²) >= 11 is 0. The van der Waals surface area contributed by atoms with Crippen molar-refractivity contribution in [2.24, 2.45) is 0 Å². The van der Waals surface area contributed by atoms with Crippen molar-refractivity contribution in [3.63, 3.8) is 0 Å². The van der Waals surface area contributed by atoms with Crippen LogP contribution in [0.4, 0.5) is 0 Å². The van der Waals surface area contributed by atoms with E-state index in [0.717, 1.165) is 0 Å². The van der Waals surface area contributed by atoms with Gasteiger partial charge in [0.15, 0.2) is 25.0 Å². The maximum atomic E-state index is 12.6. The molecule has 0 unspecified atom stereocenters. The van der Waals surface area contributed by atoms with Crippen molar-refractivity contribution in [1.29, 1.82) is 0 Å². The third-order valence-corrected chi connectivity index (χ3v) is 5.51. The molecule has 25 heavy (non-hydrogen) atoms. The molecule has 0 rings (SSSR count). The third kappa shape index (κ3) is 10.6. The van der Waals surface area contributed by atoms with Crippen LogP contribution in [0, 0.1) is 0 Å². The van der Waals surface area contributed by atoms with Crippen molar-refractivity contribution in [3.05, 3.63) is 12.2 Å². The minimum absolute atomic E-state index is 0.0631. The molecule has 0 bridgehead atoms. The molecule has 10 heteroatoms. The summed E-state index contributed by atoms with van der Waals surface area (Å²) in [7, 11) is -5.80. The molecule has 0 heterocycles. The standard InChI is InChI=1S/C15H36O6Si4/c1-13(14(16)17-11-12-18-22)15(19-23(2,3)4,20-24(5,6)7)21-25(8,9)10/h1,11-12H2,2-10,22H3. The van der Waals surface area contributed by atoms with Gasteiger partial charge in [0.05, 0.1) is 6.61 Å². The summed E-state index contributed by atoms with van der Waals surface area (Å²) in [6.07, 6.45) is 0. The van der Waals surface area contributed by atoms with Gasteiger partial charge in [-0.2, -0.15) is 0 Å². The Bertz CT molecular complexity index is 421. The largest absolute Gasteiger partial charge is 0.460 e. The average Bonchev–Trinajstić information content (AvgIpc) is 2.31. The van der Waals surface area contributed by atoms with E-state index >= 15 is 0 Å². The highest BCUT2D eigenvalue weighted by Crippen LogP contribution is 2.35. The zero-order valence-electron chi connectivity index (χ0n) is 17.6. The molecule has 0 atom stereocenters. The first kappa shape index (κ1) is 24.9. The number of ether oxygens (including phenoxy) is 1. The number of carbonyl (C=O) groups is 1. The molecule has 0 aromatic carbocycles. The van der Waals surface area contributed by atoms with Crippen LogP contribution in [-0.2, 0) is 27.2 Å². The molecule has 148 valence electrons. The van der Waals surface area contributed by atoms with Gasteiger partial charge in [0.25, 0.3) is 5.97 Å². The lowest BCUT2D eigenvalue weighted by atomic mass is 10.2. The van der Waals surface area contributed by atoms with E-state index in [9.17, 15) is 4.79 Å². The van der Waals surface area contributed by atoms with E-state index in [-0.39, 0.29) is 12.2 Å². The SMILES string of the molecule is C=C(C(=O)OCCO[SiH3])C(O[Si](C)(C)C)(O[Si](C)(C)C)O[Si](C)(C)C. The second-order valence-corrected chi connectivity index (χ2v) is 22.7. The van der Waals surface area contributed by atoms with Gasteiger partial charge in [-0.1, -0.05) is 6.58 Å². The van der Waals surface area contributed by atoms with Crippen LogP contribution < -0.4 is 0 Å². The highest BCUT2D eigenvalue weighted by atomic mass is 28.4. The van der Waals surface area contributed by atoms with Crippen molar-refractivity contribution < 1.29 is 27.2 Å². The molecule has 0 fully saturated rings. The number of rotatable bonds is 11. The molecule has 0 aromatic heterocycles. The zero-order chi connectivity index (χ0) is 20.1. The third-order valence-electron chi connectivity index (χ3n) is 2.46. The van der Waals surface area contributed by atoms with Gasteiger partial charge in [0.2, 0.25) is 0 Å². The predicted octanol–water partition coefficient (Wildman–Crippen LogP) is 2.59. The van der Waals surface area contributed by atoms with Gasteiger partial charge >= 0.3 is 5.97 Å². The molecule has 0 amide bonds. The molecule has 6 nitrogen and oxygen atoms in total. The number of carbonyl (C=O) groups excluding carboxylic acids is 1. The van der Waals surface area contributed by atoms with Gasteiger partial charge in [-0.05, 0) is 58.9 Å². The summed E-state index contributed by atoms with van der Waals surface area (Å²) in [6, 6.07) is 0. The van der Waals surface area contributed by atoms with E-state index in [0.29, 0.717) is 17.1 Å². The van der Waals surface area contributed by atoms with Gasteiger partial charge < -0.3 is 22.4 Å². The minimum Gasteiger partial charge on any atom is -0.460 e. The van der Waals surface area contributed by atoms with Crippen molar-refractivity contribution in [3.8, 4) is 0 Å². The Balaban J connectivity index is 5.86. The van der Waals surface area contributed by atoms with Crippen molar-refractivity contribution in [2.45, 2.75) is 64.9 Å². The first-order valence-corrected chi connectivity index (χ1v) is 19.5. The molecule has 0 N–H and O–H groups in total. The van der Waals surface area contributed by atoms with Crippen LogP contribution in [0.15, 0.2) is 12.2 Å². The summed E-state index contributed by atoms with van der Waals surface area (Å²) in [5.41, 5.74) is 0.0631. The van der Waals surface area contributed by atoms with Gasteiger partial charge in [0.1, 0.15) is 22.7 Å². The van der Waals surface area contributed by atoms with Crippen LogP contribution in [0.25, 0.3) is 0 Å². The first-order chi connectivity index (χ1) is 11.0. The fraction of sp³-hybridized carbons (Fsp3) is 0.800. The summed E-state index contributed by atoms with van der Waals surface area (Å²) in [5.74, 6) is -2.16. The highest BCUT2D eigenvalue weighted by molar-refractivity contribution is 6.72. The molecule has 0 aliphatic heterocycles. The summed E-state index contributed by atoms with van der Waals surface area (Å²) in [5, 5.41) is 0. The zero-order valence-corrected chi connectivity index (χ0v) is 22.6. The predicted molar refractivity (Wildman–Crippen MR) is 112 cm³/mol. The Labute approximate surface area is 159 Å². The maximum Gasteiger partial charge on any atom is 0.341 e. The summed E-state index contributed by atoms with van der Waals surface area (Å²) in [6.45, 7) is 22.7. The minimum atomic E-state index is -2.13. The lowest BCUT2D eigenvalue weighted by molar-refractivity contribution is -0.242. The van der Waals surface area contributed by atoms with Gasteiger partial charge in [-0.15, -0.1) is 0 Å². The Morgan fingerprint density at radius 3 is 1.48 bits per heavy atom. The quantitative estimate of drug-likeness (QED) is 0.167. The molecule has 0 aliphatic rings. The van der Waals surface area contributed by atoms with E-state index in [1.54, 1.807) is 0 Å². The number of hydrogen-bond donors (Lipinski definition) is 0.